The average molecular weight is 274 g/mol. The number of nitrogens with one attached hydrogen (secondary N) is 1. The second kappa shape index (κ2) is 6.12. The summed E-state index contributed by atoms with van der Waals surface area (Å²) < 4.78 is 13.3. The predicted octanol–water partition coefficient (Wildman–Crippen LogP) is 2.17. The van der Waals surface area contributed by atoms with Gasteiger partial charge in [0.1, 0.15) is 5.82 Å². The van der Waals surface area contributed by atoms with E-state index in [1.54, 1.807) is 18.2 Å². The van der Waals surface area contributed by atoms with Gasteiger partial charge in [-0.25, -0.2) is 4.39 Å². The maximum Gasteiger partial charge on any atom is 0.261 e. The lowest BCUT2D eigenvalue weighted by molar-refractivity contribution is 0.0988. The molecule has 3 N–H and O–H groups in total. The molecule has 0 fully saturated rings. The lowest BCUT2D eigenvalue weighted by atomic mass is 10.2. The SMILES string of the molecule is CCN(C(=O)c1cnccc1NN)c1cccc(F)c1. The molecule has 0 aliphatic rings. The number of carbonyl (C=O) groups is 1. The zero-order chi connectivity index (χ0) is 14.5. The molecule has 0 aliphatic carbocycles. The van der Waals surface area contributed by atoms with Crippen molar-refractivity contribution >= 4 is 17.3 Å². The first-order valence-electron chi connectivity index (χ1n) is 6.15. The number of anilines is 2. The second-order valence-corrected chi connectivity index (χ2v) is 4.09. The van der Waals surface area contributed by atoms with Crippen LogP contribution in [0.5, 0.6) is 0 Å². The molecule has 1 aromatic carbocycles. The maximum absolute atomic E-state index is 13.3. The Hall–Kier alpha value is -2.47. The zero-order valence-electron chi connectivity index (χ0n) is 11.0. The van der Waals surface area contributed by atoms with Gasteiger partial charge < -0.3 is 10.3 Å². The number of nitrogens with two attached hydrogens (primary N) is 1. The molecule has 0 atom stereocenters. The van der Waals surface area contributed by atoms with Crippen LogP contribution in [0.3, 0.4) is 0 Å². The van der Waals surface area contributed by atoms with Gasteiger partial charge in [-0.3, -0.25) is 15.6 Å². The summed E-state index contributed by atoms with van der Waals surface area (Å²) in [5.74, 6) is 4.70. The first-order valence-corrected chi connectivity index (χ1v) is 6.15. The lowest BCUT2D eigenvalue weighted by Crippen LogP contribution is -2.31. The van der Waals surface area contributed by atoms with Crippen LogP contribution in [0, 0.1) is 5.82 Å². The number of rotatable bonds is 4. The van der Waals surface area contributed by atoms with Gasteiger partial charge in [0.15, 0.2) is 0 Å². The van der Waals surface area contributed by atoms with E-state index >= 15 is 0 Å². The molecule has 2 aromatic rings. The van der Waals surface area contributed by atoms with Crippen molar-refractivity contribution in [3.05, 3.63) is 54.1 Å². The van der Waals surface area contributed by atoms with Crippen LogP contribution >= 0.6 is 0 Å². The molecule has 0 saturated carbocycles. The van der Waals surface area contributed by atoms with E-state index in [0.717, 1.165) is 0 Å². The van der Waals surface area contributed by atoms with Crippen LogP contribution in [0.25, 0.3) is 0 Å². The molecule has 6 heteroatoms. The summed E-state index contributed by atoms with van der Waals surface area (Å²) in [4.78, 5) is 17.9. The van der Waals surface area contributed by atoms with Gasteiger partial charge in [0.25, 0.3) is 5.91 Å². The number of carbonyl (C=O) groups excluding carboxylic acids is 1. The van der Waals surface area contributed by atoms with Crippen LogP contribution < -0.4 is 16.2 Å². The van der Waals surface area contributed by atoms with Crippen molar-refractivity contribution in [3.63, 3.8) is 0 Å². The van der Waals surface area contributed by atoms with E-state index < -0.39 is 5.82 Å². The molecule has 1 aromatic heterocycles. The minimum absolute atomic E-state index is 0.292. The third-order valence-electron chi connectivity index (χ3n) is 2.89. The molecule has 0 unspecified atom stereocenters. The van der Waals surface area contributed by atoms with E-state index in [4.69, 9.17) is 5.84 Å². The summed E-state index contributed by atoms with van der Waals surface area (Å²) in [5, 5.41) is 0. The van der Waals surface area contributed by atoms with Crippen molar-refractivity contribution in [1.82, 2.24) is 4.98 Å². The Morgan fingerprint density at radius 1 is 1.45 bits per heavy atom. The summed E-state index contributed by atoms with van der Waals surface area (Å²) >= 11 is 0. The van der Waals surface area contributed by atoms with Gasteiger partial charge in [-0.1, -0.05) is 6.07 Å². The highest BCUT2D eigenvalue weighted by Gasteiger charge is 2.19. The number of hydrazine groups is 1. The van der Waals surface area contributed by atoms with Crippen molar-refractivity contribution in [1.29, 1.82) is 0 Å². The predicted molar refractivity (Wildman–Crippen MR) is 75.8 cm³/mol. The number of hydrogen-bond acceptors (Lipinski definition) is 4. The molecule has 0 saturated heterocycles. The maximum atomic E-state index is 13.3. The van der Waals surface area contributed by atoms with Crippen molar-refractivity contribution in [2.24, 2.45) is 5.84 Å². The monoisotopic (exact) mass is 274 g/mol. The number of aromatic nitrogens is 1. The Kier molecular flexibility index (Phi) is 4.27. The highest BCUT2D eigenvalue weighted by Crippen LogP contribution is 2.21. The number of benzene rings is 1. The van der Waals surface area contributed by atoms with E-state index in [-0.39, 0.29) is 5.91 Å². The largest absolute Gasteiger partial charge is 0.323 e. The van der Waals surface area contributed by atoms with E-state index in [2.05, 4.69) is 10.4 Å². The summed E-state index contributed by atoms with van der Waals surface area (Å²) in [6.07, 6.45) is 2.96. The van der Waals surface area contributed by atoms with Gasteiger partial charge in [-0.15, -0.1) is 0 Å². The van der Waals surface area contributed by atoms with E-state index in [0.29, 0.717) is 23.5 Å². The second-order valence-electron chi connectivity index (χ2n) is 4.09. The number of amides is 1. The molecular formula is C14H15FN4O. The van der Waals surface area contributed by atoms with Crippen LogP contribution in [-0.2, 0) is 0 Å². The van der Waals surface area contributed by atoms with Crippen molar-refractivity contribution in [3.8, 4) is 0 Å². The van der Waals surface area contributed by atoms with E-state index in [1.807, 2.05) is 6.92 Å². The van der Waals surface area contributed by atoms with Gasteiger partial charge in [0.2, 0.25) is 0 Å². The van der Waals surface area contributed by atoms with Crippen LogP contribution in [0.2, 0.25) is 0 Å². The molecule has 0 radical (unpaired) electrons. The molecule has 104 valence electrons. The Morgan fingerprint density at radius 2 is 2.25 bits per heavy atom. The first-order chi connectivity index (χ1) is 9.67. The normalized spacial score (nSPS) is 10.2. The Balaban J connectivity index is 2.39. The van der Waals surface area contributed by atoms with Crippen LogP contribution in [0.1, 0.15) is 17.3 Å². The molecule has 2 rings (SSSR count). The summed E-state index contributed by atoms with van der Waals surface area (Å²) in [7, 11) is 0. The van der Waals surface area contributed by atoms with Gasteiger partial charge in [-0.05, 0) is 31.2 Å². The zero-order valence-corrected chi connectivity index (χ0v) is 11.0. The Bertz CT molecular complexity index is 618. The standard InChI is InChI=1S/C14H15FN4O/c1-2-19(11-5-3-4-10(15)8-11)14(20)12-9-17-7-6-13(12)18-16/h3-9H,2,16H2,1H3,(H,17,18). The van der Waals surface area contributed by atoms with Gasteiger partial charge in [0.05, 0.1) is 11.3 Å². The number of halogens is 1. The molecule has 0 spiro atoms. The van der Waals surface area contributed by atoms with Gasteiger partial charge in [-0.2, -0.15) is 0 Å². The molecule has 20 heavy (non-hydrogen) atoms. The van der Waals surface area contributed by atoms with Crippen LogP contribution in [0.4, 0.5) is 15.8 Å². The highest BCUT2D eigenvalue weighted by molar-refractivity contribution is 6.09. The number of pyridine rings is 1. The third kappa shape index (κ3) is 2.75. The molecular weight excluding hydrogens is 259 g/mol. The van der Waals surface area contributed by atoms with Gasteiger partial charge in [0, 0.05) is 24.6 Å². The topological polar surface area (TPSA) is 71.2 Å². The smallest absolute Gasteiger partial charge is 0.261 e. The summed E-state index contributed by atoms with van der Waals surface area (Å²) in [5.41, 5.74) is 3.75. The molecule has 0 aliphatic heterocycles. The summed E-state index contributed by atoms with van der Waals surface area (Å²) in [6, 6.07) is 7.49. The fourth-order valence-corrected chi connectivity index (χ4v) is 1.92. The third-order valence-corrected chi connectivity index (χ3v) is 2.89. The molecule has 5 nitrogen and oxygen atoms in total. The lowest BCUT2D eigenvalue weighted by Gasteiger charge is -2.22. The van der Waals surface area contributed by atoms with Crippen molar-refractivity contribution in [2.75, 3.05) is 16.9 Å². The number of hydrogen-bond donors (Lipinski definition) is 2. The van der Waals surface area contributed by atoms with Crippen molar-refractivity contribution in [2.45, 2.75) is 6.92 Å². The van der Waals surface area contributed by atoms with Gasteiger partial charge >= 0.3 is 0 Å². The minimum Gasteiger partial charge on any atom is -0.323 e. The van der Waals surface area contributed by atoms with E-state index in [1.165, 1.54) is 29.4 Å². The quantitative estimate of drug-likeness (QED) is 0.662. The molecule has 0 bridgehead atoms. The minimum atomic E-state index is -0.392. The highest BCUT2D eigenvalue weighted by atomic mass is 19.1. The fourth-order valence-electron chi connectivity index (χ4n) is 1.92. The summed E-state index contributed by atoms with van der Waals surface area (Å²) in [6.45, 7) is 2.22. The number of nitrogen functional groups attached to an aromatic ring is 1. The molecule has 1 heterocycles. The molecule has 1 amide bonds. The van der Waals surface area contributed by atoms with E-state index in [9.17, 15) is 9.18 Å². The fraction of sp³-hybridized carbons (Fsp3) is 0.143. The average Bonchev–Trinajstić information content (AvgIpc) is 2.48. The van der Waals surface area contributed by atoms with Crippen LogP contribution in [-0.4, -0.2) is 17.4 Å². The Labute approximate surface area is 116 Å². The Morgan fingerprint density at radius 3 is 2.90 bits per heavy atom. The van der Waals surface area contributed by atoms with Crippen LogP contribution in [0.15, 0.2) is 42.7 Å². The van der Waals surface area contributed by atoms with Crippen molar-refractivity contribution < 1.29 is 9.18 Å². The first kappa shape index (κ1) is 14.0. The number of nitrogens with zero attached hydrogens (tertiary/aromatic N) is 2.